The number of ether oxygens (including phenoxy) is 1. The molecule has 0 aliphatic carbocycles. The maximum absolute atomic E-state index is 9.77. The van der Waals surface area contributed by atoms with Gasteiger partial charge in [0, 0.05) is 24.7 Å². The van der Waals surface area contributed by atoms with Crippen LogP contribution in [0.3, 0.4) is 0 Å². The number of halogens is 1. The van der Waals surface area contributed by atoms with Crippen LogP contribution in [-0.4, -0.2) is 55.9 Å². The van der Waals surface area contributed by atoms with E-state index in [-0.39, 0.29) is 0 Å². The van der Waals surface area contributed by atoms with Gasteiger partial charge in [-0.05, 0) is 31.3 Å². The molecule has 1 aromatic rings. The highest BCUT2D eigenvalue weighted by Gasteiger charge is 2.04. The molecule has 4 nitrogen and oxygen atoms in total. The van der Waals surface area contributed by atoms with Crippen LogP contribution in [0.1, 0.15) is 12.5 Å². The SMILES string of the molecule is CCN(C)CCNCC(O)COCc1ccc(Cl)cc1. The third-order valence-electron chi connectivity index (χ3n) is 3.08. The number of hydrogen-bond acceptors (Lipinski definition) is 4. The molecule has 20 heavy (non-hydrogen) atoms. The van der Waals surface area contributed by atoms with E-state index in [4.69, 9.17) is 16.3 Å². The molecular weight excluding hydrogens is 276 g/mol. The van der Waals surface area contributed by atoms with E-state index in [1.807, 2.05) is 24.3 Å². The Morgan fingerprint density at radius 1 is 1.35 bits per heavy atom. The Morgan fingerprint density at radius 3 is 2.70 bits per heavy atom. The first-order valence-electron chi connectivity index (χ1n) is 7.01. The third kappa shape index (κ3) is 7.82. The summed E-state index contributed by atoms with van der Waals surface area (Å²) in [5, 5.41) is 13.7. The molecule has 0 heterocycles. The van der Waals surface area contributed by atoms with E-state index in [2.05, 4.69) is 24.2 Å². The molecule has 0 bridgehead atoms. The molecule has 0 fully saturated rings. The molecule has 5 heteroatoms. The van der Waals surface area contributed by atoms with Crippen LogP contribution < -0.4 is 5.32 Å². The summed E-state index contributed by atoms with van der Waals surface area (Å²) in [6.07, 6.45) is -0.478. The molecule has 0 amide bonds. The molecule has 1 unspecified atom stereocenters. The number of nitrogens with zero attached hydrogens (tertiary/aromatic N) is 1. The second kappa shape index (κ2) is 10.1. The Morgan fingerprint density at radius 2 is 2.05 bits per heavy atom. The molecular formula is C15H25ClN2O2. The van der Waals surface area contributed by atoms with E-state index in [0.29, 0.717) is 19.8 Å². The van der Waals surface area contributed by atoms with Gasteiger partial charge in [-0.25, -0.2) is 0 Å². The molecule has 0 saturated heterocycles. The highest BCUT2D eigenvalue weighted by atomic mass is 35.5. The average Bonchev–Trinajstić information content (AvgIpc) is 2.45. The van der Waals surface area contributed by atoms with Crippen molar-refractivity contribution in [2.24, 2.45) is 0 Å². The Labute approximate surface area is 126 Å². The molecule has 2 N–H and O–H groups in total. The molecule has 0 spiro atoms. The second-order valence-corrected chi connectivity index (χ2v) is 5.33. The topological polar surface area (TPSA) is 44.7 Å². The van der Waals surface area contributed by atoms with Crippen molar-refractivity contribution >= 4 is 11.6 Å². The van der Waals surface area contributed by atoms with Crippen molar-refractivity contribution in [2.75, 3.05) is 39.8 Å². The Balaban J connectivity index is 2.05. The maximum Gasteiger partial charge on any atom is 0.0897 e. The van der Waals surface area contributed by atoms with Crippen LogP contribution in [0.15, 0.2) is 24.3 Å². The Hall–Kier alpha value is -0.650. The molecule has 1 atom stereocenters. The summed E-state index contributed by atoms with van der Waals surface area (Å²) in [5.41, 5.74) is 1.05. The van der Waals surface area contributed by atoms with E-state index in [9.17, 15) is 5.11 Å². The van der Waals surface area contributed by atoms with Crippen molar-refractivity contribution < 1.29 is 9.84 Å². The molecule has 0 aliphatic rings. The number of likely N-dealkylation sites (N-methyl/N-ethyl adjacent to an activating group) is 1. The van der Waals surface area contributed by atoms with Crippen LogP contribution in [0, 0.1) is 0 Å². The van der Waals surface area contributed by atoms with Gasteiger partial charge in [0.25, 0.3) is 0 Å². The monoisotopic (exact) mass is 300 g/mol. The maximum atomic E-state index is 9.77. The first kappa shape index (κ1) is 17.4. The smallest absolute Gasteiger partial charge is 0.0897 e. The number of aliphatic hydroxyl groups excluding tert-OH is 1. The molecule has 114 valence electrons. The summed E-state index contributed by atoms with van der Waals surface area (Å²) in [7, 11) is 2.08. The Kier molecular flexibility index (Phi) is 8.82. The standard InChI is InChI=1S/C15H25ClN2O2/c1-3-18(2)9-8-17-10-15(19)12-20-11-13-4-6-14(16)7-5-13/h4-7,15,17,19H,3,8-12H2,1-2H3. The van der Waals surface area contributed by atoms with E-state index < -0.39 is 6.10 Å². The summed E-state index contributed by atoms with van der Waals surface area (Å²) in [6, 6.07) is 7.52. The van der Waals surface area contributed by atoms with Gasteiger partial charge in [0.2, 0.25) is 0 Å². The van der Waals surface area contributed by atoms with Crippen molar-refractivity contribution in [3.8, 4) is 0 Å². The van der Waals surface area contributed by atoms with Crippen LogP contribution in [0.25, 0.3) is 0 Å². The summed E-state index contributed by atoms with van der Waals surface area (Å²) in [5.74, 6) is 0. The van der Waals surface area contributed by atoms with Crippen molar-refractivity contribution in [3.05, 3.63) is 34.9 Å². The van der Waals surface area contributed by atoms with Gasteiger partial charge in [-0.3, -0.25) is 0 Å². The number of rotatable bonds is 10. The lowest BCUT2D eigenvalue weighted by Crippen LogP contribution is -2.35. The van der Waals surface area contributed by atoms with Gasteiger partial charge in [-0.15, -0.1) is 0 Å². The van der Waals surface area contributed by atoms with Crippen molar-refractivity contribution in [1.29, 1.82) is 0 Å². The highest BCUT2D eigenvalue weighted by Crippen LogP contribution is 2.10. The highest BCUT2D eigenvalue weighted by molar-refractivity contribution is 6.30. The zero-order valence-corrected chi connectivity index (χ0v) is 13.1. The largest absolute Gasteiger partial charge is 0.389 e. The summed E-state index contributed by atoms with van der Waals surface area (Å²) < 4.78 is 5.48. The number of benzene rings is 1. The first-order valence-corrected chi connectivity index (χ1v) is 7.39. The predicted octanol–water partition coefficient (Wildman–Crippen LogP) is 1.76. The first-order chi connectivity index (χ1) is 9.61. The quantitative estimate of drug-likeness (QED) is 0.646. The van der Waals surface area contributed by atoms with Gasteiger partial charge in [0.1, 0.15) is 0 Å². The molecule has 0 aliphatic heterocycles. The van der Waals surface area contributed by atoms with Crippen LogP contribution >= 0.6 is 11.6 Å². The van der Waals surface area contributed by atoms with Crippen LogP contribution in [0.5, 0.6) is 0 Å². The predicted molar refractivity (Wildman–Crippen MR) is 83.2 cm³/mol. The molecule has 0 radical (unpaired) electrons. The van der Waals surface area contributed by atoms with E-state index in [1.54, 1.807) is 0 Å². The van der Waals surface area contributed by atoms with Crippen molar-refractivity contribution in [1.82, 2.24) is 10.2 Å². The van der Waals surface area contributed by atoms with Gasteiger partial charge in [-0.1, -0.05) is 30.7 Å². The van der Waals surface area contributed by atoms with Crippen molar-refractivity contribution in [3.63, 3.8) is 0 Å². The lowest BCUT2D eigenvalue weighted by Gasteiger charge is -2.16. The Bertz CT molecular complexity index is 359. The molecule has 0 aromatic heterocycles. The molecule has 1 rings (SSSR count). The normalized spacial score (nSPS) is 12.8. The van der Waals surface area contributed by atoms with E-state index >= 15 is 0 Å². The minimum Gasteiger partial charge on any atom is -0.389 e. The zero-order chi connectivity index (χ0) is 14.8. The fraction of sp³-hybridized carbons (Fsp3) is 0.600. The fourth-order valence-electron chi connectivity index (χ4n) is 1.65. The summed E-state index contributed by atoms with van der Waals surface area (Å²) >= 11 is 5.81. The minimum atomic E-state index is -0.478. The van der Waals surface area contributed by atoms with Gasteiger partial charge >= 0.3 is 0 Å². The molecule has 0 saturated carbocycles. The molecule has 1 aromatic carbocycles. The lowest BCUT2D eigenvalue weighted by atomic mass is 10.2. The number of aliphatic hydroxyl groups is 1. The number of hydrogen-bond donors (Lipinski definition) is 2. The zero-order valence-electron chi connectivity index (χ0n) is 12.3. The van der Waals surface area contributed by atoms with Gasteiger partial charge in [0.05, 0.1) is 19.3 Å². The van der Waals surface area contributed by atoms with Crippen LogP contribution in [0.2, 0.25) is 5.02 Å². The summed E-state index contributed by atoms with van der Waals surface area (Å²) in [6.45, 7) is 6.39. The lowest BCUT2D eigenvalue weighted by molar-refractivity contribution is 0.0288. The summed E-state index contributed by atoms with van der Waals surface area (Å²) in [4.78, 5) is 2.22. The average molecular weight is 301 g/mol. The van der Waals surface area contributed by atoms with E-state index in [1.165, 1.54) is 0 Å². The van der Waals surface area contributed by atoms with Crippen LogP contribution in [-0.2, 0) is 11.3 Å². The fourth-order valence-corrected chi connectivity index (χ4v) is 1.78. The van der Waals surface area contributed by atoms with Gasteiger partial charge in [0.15, 0.2) is 0 Å². The van der Waals surface area contributed by atoms with Crippen LogP contribution in [0.4, 0.5) is 0 Å². The second-order valence-electron chi connectivity index (χ2n) is 4.90. The number of nitrogens with one attached hydrogen (secondary N) is 1. The van der Waals surface area contributed by atoms with E-state index in [0.717, 1.165) is 30.2 Å². The minimum absolute atomic E-state index is 0.333. The van der Waals surface area contributed by atoms with Gasteiger partial charge < -0.3 is 20.1 Å². The third-order valence-corrected chi connectivity index (χ3v) is 3.33. The van der Waals surface area contributed by atoms with Crippen molar-refractivity contribution in [2.45, 2.75) is 19.6 Å². The van der Waals surface area contributed by atoms with Gasteiger partial charge in [-0.2, -0.15) is 0 Å².